The van der Waals surface area contributed by atoms with Gasteiger partial charge in [0.25, 0.3) is 0 Å². The van der Waals surface area contributed by atoms with Gasteiger partial charge in [-0.2, -0.15) is 4.31 Å². The molecule has 0 aliphatic heterocycles. The molecule has 0 saturated heterocycles. The van der Waals surface area contributed by atoms with E-state index in [4.69, 9.17) is 10.8 Å². The standard InChI is InChI=1S/C11H12BrFN2O5S/c1-2-15(5-9(14)16)21(19,20)8-4-6(12)3-7(10(8)13)11(17)18/h3-4H,2,5H2,1H3,(H2,14,16)(H,17,18). The second-order valence-electron chi connectivity index (χ2n) is 3.97. The Hall–Kier alpha value is -1.52. The fourth-order valence-electron chi connectivity index (χ4n) is 1.59. The number of hydrogen-bond acceptors (Lipinski definition) is 4. The van der Waals surface area contributed by atoms with Crippen LogP contribution < -0.4 is 5.73 Å². The summed E-state index contributed by atoms with van der Waals surface area (Å²) in [6.07, 6.45) is 0. The van der Waals surface area contributed by atoms with Gasteiger partial charge in [0.05, 0.1) is 12.1 Å². The predicted octanol–water partition coefficient (Wildman–Crippen LogP) is 0.782. The summed E-state index contributed by atoms with van der Waals surface area (Å²) in [7, 11) is -4.39. The first kappa shape index (κ1) is 17.5. The van der Waals surface area contributed by atoms with E-state index >= 15 is 0 Å². The normalized spacial score (nSPS) is 11.6. The number of sulfonamides is 1. The number of primary amides is 1. The summed E-state index contributed by atoms with van der Waals surface area (Å²) < 4.78 is 39.5. The van der Waals surface area contributed by atoms with Crippen molar-refractivity contribution in [1.82, 2.24) is 4.31 Å². The Labute approximate surface area is 128 Å². The fourth-order valence-corrected chi connectivity index (χ4v) is 3.72. The number of likely N-dealkylation sites (N-methyl/N-ethyl adjacent to an activating group) is 1. The molecule has 21 heavy (non-hydrogen) atoms. The number of nitrogens with two attached hydrogens (primary N) is 1. The first-order valence-electron chi connectivity index (χ1n) is 5.62. The number of rotatable bonds is 6. The van der Waals surface area contributed by atoms with Crippen molar-refractivity contribution in [2.45, 2.75) is 11.8 Å². The number of benzene rings is 1. The summed E-state index contributed by atoms with van der Waals surface area (Å²) in [6, 6.07) is 1.88. The van der Waals surface area contributed by atoms with E-state index in [2.05, 4.69) is 15.9 Å². The number of carbonyl (C=O) groups excluding carboxylic acids is 1. The number of carboxylic acid groups (broad SMARTS) is 1. The van der Waals surface area contributed by atoms with Gasteiger partial charge in [-0.05, 0) is 12.1 Å². The SMILES string of the molecule is CCN(CC(N)=O)S(=O)(=O)c1cc(Br)cc(C(=O)O)c1F. The van der Waals surface area contributed by atoms with E-state index < -0.39 is 44.7 Å². The quantitative estimate of drug-likeness (QED) is 0.753. The average molecular weight is 383 g/mol. The molecule has 10 heteroatoms. The molecule has 0 fully saturated rings. The van der Waals surface area contributed by atoms with Gasteiger partial charge in [-0.1, -0.05) is 22.9 Å². The Balaban J connectivity index is 3.50. The number of carboxylic acids is 1. The van der Waals surface area contributed by atoms with Crippen molar-refractivity contribution in [1.29, 1.82) is 0 Å². The van der Waals surface area contributed by atoms with E-state index in [1.807, 2.05) is 0 Å². The summed E-state index contributed by atoms with van der Waals surface area (Å²) in [5.41, 5.74) is 4.15. The van der Waals surface area contributed by atoms with Crippen molar-refractivity contribution in [3.63, 3.8) is 0 Å². The molecular weight excluding hydrogens is 371 g/mol. The van der Waals surface area contributed by atoms with Crippen LogP contribution in [0.3, 0.4) is 0 Å². The van der Waals surface area contributed by atoms with Crippen LogP contribution in [0.25, 0.3) is 0 Å². The topological polar surface area (TPSA) is 118 Å². The molecule has 0 spiro atoms. The Kier molecular flexibility index (Phi) is 5.42. The van der Waals surface area contributed by atoms with E-state index in [9.17, 15) is 22.4 Å². The van der Waals surface area contributed by atoms with Crippen LogP contribution in [0.2, 0.25) is 0 Å². The third kappa shape index (κ3) is 3.77. The molecule has 1 aromatic carbocycles. The zero-order valence-corrected chi connectivity index (χ0v) is 13.2. The number of halogens is 2. The number of nitrogens with zero attached hydrogens (tertiary/aromatic N) is 1. The maximum atomic E-state index is 14.1. The van der Waals surface area contributed by atoms with Crippen molar-refractivity contribution in [2.75, 3.05) is 13.1 Å². The van der Waals surface area contributed by atoms with Crippen LogP contribution in [0, 0.1) is 5.82 Å². The lowest BCUT2D eigenvalue weighted by molar-refractivity contribution is -0.118. The maximum absolute atomic E-state index is 14.1. The van der Waals surface area contributed by atoms with Crippen LogP contribution in [0.1, 0.15) is 17.3 Å². The molecule has 1 amide bonds. The highest BCUT2D eigenvalue weighted by Gasteiger charge is 2.30. The minimum atomic E-state index is -4.39. The third-order valence-electron chi connectivity index (χ3n) is 2.54. The lowest BCUT2D eigenvalue weighted by atomic mass is 10.2. The van der Waals surface area contributed by atoms with Gasteiger partial charge in [0, 0.05) is 11.0 Å². The molecule has 1 aromatic rings. The number of aromatic carboxylic acids is 1. The molecule has 7 nitrogen and oxygen atoms in total. The van der Waals surface area contributed by atoms with E-state index in [0.717, 1.165) is 12.1 Å². The Morgan fingerprint density at radius 1 is 1.43 bits per heavy atom. The average Bonchev–Trinajstić information content (AvgIpc) is 2.37. The minimum Gasteiger partial charge on any atom is -0.478 e. The van der Waals surface area contributed by atoms with Crippen molar-refractivity contribution in [2.24, 2.45) is 5.73 Å². The highest BCUT2D eigenvalue weighted by atomic mass is 79.9. The molecule has 0 aliphatic carbocycles. The zero-order valence-electron chi connectivity index (χ0n) is 10.8. The first-order valence-corrected chi connectivity index (χ1v) is 7.85. The highest BCUT2D eigenvalue weighted by molar-refractivity contribution is 9.10. The molecule has 0 atom stereocenters. The molecule has 0 aromatic heterocycles. The Bertz CT molecular complexity index is 692. The second kappa shape index (κ2) is 6.50. The van der Waals surface area contributed by atoms with Gasteiger partial charge in [0.15, 0.2) is 5.82 Å². The van der Waals surface area contributed by atoms with Crippen molar-refractivity contribution >= 4 is 37.8 Å². The van der Waals surface area contributed by atoms with E-state index in [1.165, 1.54) is 6.92 Å². The summed E-state index contributed by atoms with van der Waals surface area (Å²) in [5, 5.41) is 8.88. The molecule has 0 heterocycles. The predicted molar refractivity (Wildman–Crippen MR) is 74.7 cm³/mol. The van der Waals surface area contributed by atoms with Crippen LogP contribution in [0.15, 0.2) is 21.5 Å². The zero-order chi connectivity index (χ0) is 16.4. The lowest BCUT2D eigenvalue weighted by Gasteiger charge is -2.19. The smallest absolute Gasteiger partial charge is 0.338 e. The molecule has 0 radical (unpaired) electrons. The first-order chi connectivity index (χ1) is 9.61. The van der Waals surface area contributed by atoms with Gasteiger partial charge in [0.1, 0.15) is 4.90 Å². The van der Waals surface area contributed by atoms with Gasteiger partial charge in [-0.25, -0.2) is 17.6 Å². The van der Waals surface area contributed by atoms with Crippen LogP contribution in [-0.2, 0) is 14.8 Å². The summed E-state index contributed by atoms with van der Waals surface area (Å²) >= 11 is 2.93. The maximum Gasteiger partial charge on any atom is 0.338 e. The molecule has 3 N–H and O–H groups in total. The largest absolute Gasteiger partial charge is 0.478 e. The Morgan fingerprint density at radius 3 is 2.43 bits per heavy atom. The fraction of sp³-hybridized carbons (Fsp3) is 0.273. The summed E-state index contributed by atoms with van der Waals surface area (Å²) in [6.45, 7) is 0.682. The second-order valence-corrected chi connectivity index (χ2v) is 6.79. The van der Waals surface area contributed by atoms with Crippen molar-refractivity contribution in [3.05, 3.63) is 28.0 Å². The Morgan fingerprint density at radius 2 is 2.00 bits per heavy atom. The molecular formula is C11H12BrFN2O5S. The van der Waals surface area contributed by atoms with E-state index in [-0.39, 0.29) is 11.0 Å². The molecule has 0 aliphatic rings. The lowest BCUT2D eigenvalue weighted by Crippen LogP contribution is -2.38. The summed E-state index contributed by atoms with van der Waals surface area (Å²) in [5.74, 6) is -3.91. The van der Waals surface area contributed by atoms with Crippen LogP contribution in [0.5, 0.6) is 0 Å². The van der Waals surface area contributed by atoms with E-state index in [0.29, 0.717) is 4.31 Å². The van der Waals surface area contributed by atoms with Gasteiger partial charge >= 0.3 is 5.97 Å². The molecule has 0 saturated carbocycles. The van der Waals surface area contributed by atoms with Gasteiger partial charge in [0.2, 0.25) is 15.9 Å². The molecule has 0 unspecified atom stereocenters. The minimum absolute atomic E-state index is 0.0787. The number of carbonyl (C=O) groups is 2. The monoisotopic (exact) mass is 382 g/mol. The van der Waals surface area contributed by atoms with Gasteiger partial charge in [-0.3, -0.25) is 4.79 Å². The summed E-state index contributed by atoms with van der Waals surface area (Å²) in [4.78, 5) is 21.0. The van der Waals surface area contributed by atoms with Crippen LogP contribution in [-0.4, -0.2) is 42.8 Å². The third-order valence-corrected chi connectivity index (χ3v) is 4.91. The van der Waals surface area contributed by atoms with Gasteiger partial charge in [-0.15, -0.1) is 0 Å². The number of hydrogen-bond donors (Lipinski definition) is 2. The van der Waals surface area contributed by atoms with Crippen molar-refractivity contribution in [3.8, 4) is 0 Å². The number of amides is 1. The van der Waals surface area contributed by atoms with Crippen LogP contribution >= 0.6 is 15.9 Å². The highest BCUT2D eigenvalue weighted by Crippen LogP contribution is 2.26. The molecule has 0 bridgehead atoms. The van der Waals surface area contributed by atoms with Gasteiger partial charge < -0.3 is 10.8 Å². The van der Waals surface area contributed by atoms with Crippen LogP contribution in [0.4, 0.5) is 4.39 Å². The van der Waals surface area contributed by atoms with E-state index in [1.54, 1.807) is 0 Å². The van der Waals surface area contributed by atoms with Crippen molar-refractivity contribution < 1.29 is 27.5 Å². The molecule has 116 valence electrons. The molecule has 1 rings (SSSR count).